The average molecular weight is 473 g/mol. The van der Waals surface area contributed by atoms with E-state index >= 15 is 0 Å². The molecule has 0 aliphatic carbocycles. The van der Waals surface area contributed by atoms with E-state index in [1.807, 2.05) is 38.1 Å². The molecule has 3 aromatic heterocycles. The van der Waals surface area contributed by atoms with E-state index < -0.39 is 18.5 Å². The van der Waals surface area contributed by atoms with Crippen molar-refractivity contribution in [1.29, 1.82) is 5.26 Å². The third kappa shape index (κ3) is 5.27. The van der Waals surface area contributed by atoms with Crippen LogP contribution in [0, 0.1) is 32.1 Å². The number of hydrogen-bond donors (Lipinski definition) is 1. The molecule has 1 aromatic carbocycles. The van der Waals surface area contributed by atoms with Crippen molar-refractivity contribution in [1.82, 2.24) is 24.8 Å². The molecule has 35 heavy (non-hydrogen) atoms. The van der Waals surface area contributed by atoms with Gasteiger partial charge in [0.25, 0.3) is 5.91 Å². The molecule has 0 atom stereocenters. The van der Waals surface area contributed by atoms with Crippen LogP contribution in [-0.4, -0.2) is 43.3 Å². The van der Waals surface area contributed by atoms with Crippen LogP contribution in [0.1, 0.15) is 28.1 Å². The van der Waals surface area contributed by atoms with Crippen LogP contribution >= 0.6 is 0 Å². The van der Waals surface area contributed by atoms with Gasteiger partial charge in [-0.25, -0.2) is 4.79 Å². The molecule has 178 valence electrons. The molecule has 1 amide bonds. The second-order valence-corrected chi connectivity index (χ2v) is 7.93. The van der Waals surface area contributed by atoms with E-state index in [1.54, 1.807) is 29.9 Å². The number of nitriles is 1. The predicted octanol–water partition coefficient (Wildman–Crippen LogP) is 2.76. The molecule has 0 unspecified atom stereocenters. The molecule has 3 heterocycles. The summed E-state index contributed by atoms with van der Waals surface area (Å²) < 4.78 is 12.3. The van der Waals surface area contributed by atoms with Crippen LogP contribution in [0.4, 0.5) is 5.82 Å². The second kappa shape index (κ2) is 10.0. The Bertz CT molecular complexity index is 1390. The van der Waals surface area contributed by atoms with Crippen molar-refractivity contribution < 1.29 is 18.7 Å². The van der Waals surface area contributed by atoms with Crippen LogP contribution in [0.5, 0.6) is 0 Å². The summed E-state index contributed by atoms with van der Waals surface area (Å²) in [5, 5.41) is 24.3. The summed E-state index contributed by atoms with van der Waals surface area (Å²) in [7, 11) is 0. The molecule has 4 rings (SSSR count). The van der Waals surface area contributed by atoms with Crippen LogP contribution < -0.4 is 5.32 Å². The Labute approximate surface area is 200 Å². The number of carbonyl (C=O) groups is 2. The quantitative estimate of drug-likeness (QED) is 0.385. The monoisotopic (exact) mass is 473 g/mol. The van der Waals surface area contributed by atoms with Gasteiger partial charge in [0.05, 0.1) is 18.4 Å². The highest BCUT2D eigenvalue weighted by Gasteiger charge is 2.21. The number of tetrazole rings is 1. The number of amides is 1. The van der Waals surface area contributed by atoms with Crippen molar-refractivity contribution >= 4 is 17.7 Å². The topological polar surface area (TPSA) is 141 Å². The SMILES string of the molecule is Cc1ccc(-c2nnn(CC(=O)OCC(=O)Nc3c(C#N)c(C)c(C)n3Cc3ccco3)n2)cc1. The van der Waals surface area contributed by atoms with Crippen molar-refractivity contribution in [3.8, 4) is 17.5 Å². The molecule has 11 nitrogen and oxygen atoms in total. The number of hydrogen-bond acceptors (Lipinski definition) is 8. The lowest BCUT2D eigenvalue weighted by molar-refractivity contribution is -0.148. The third-order valence-corrected chi connectivity index (χ3v) is 5.49. The number of ether oxygens (including phenoxy) is 1. The normalized spacial score (nSPS) is 10.7. The molecule has 0 saturated carbocycles. The highest BCUT2D eigenvalue weighted by molar-refractivity contribution is 5.93. The van der Waals surface area contributed by atoms with Crippen molar-refractivity contribution in [3.05, 3.63) is 70.8 Å². The molecular weight excluding hydrogens is 450 g/mol. The van der Waals surface area contributed by atoms with Gasteiger partial charge in [-0.1, -0.05) is 29.8 Å². The number of nitrogens with one attached hydrogen (secondary N) is 1. The minimum absolute atomic E-state index is 0.303. The zero-order valence-electron chi connectivity index (χ0n) is 19.5. The molecule has 0 aliphatic rings. The standard InChI is InChI=1S/C24H23N7O4/c1-15-6-8-18(9-7-15)23-27-29-31(28-23)13-22(33)35-14-21(32)26-24-20(11-25)16(2)17(3)30(24)12-19-5-4-10-34-19/h4-10H,12-14H2,1-3H3,(H,26,32). The summed E-state index contributed by atoms with van der Waals surface area (Å²) in [5.41, 5.74) is 3.76. The Hall–Kier alpha value is -4.72. The smallest absolute Gasteiger partial charge is 0.330 e. The minimum Gasteiger partial charge on any atom is -0.467 e. The summed E-state index contributed by atoms with van der Waals surface area (Å²) in [5.74, 6) is 0.0786. The summed E-state index contributed by atoms with van der Waals surface area (Å²) >= 11 is 0. The molecule has 0 fully saturated rings. The molecule has 0 bridgehead atoms. The van der Waals surface area contributed by atoms with E-state index in [2.05, 4.69) is 26.8 Å². The van der Waals surface area contributed by atoms with E-state index in [9.17, 15) is 14.9 Å². The van der Waals surface area contributed by atoms with Gasteiger partial charge in [0.15, 0.2) is 13.2 Å². The summed E-state index contributed by atoms with van der Waals surface area (Å²) in [6.45, 7) is 5.12. The van der Waals surface area contributed by atoms with Crippen LogP contribution in [-0.2, 0) is 27.4 Å². The molecule has 0 radical (unpaired) electrons. The van der Waals surface area contributed by atoms with Gasteiger partial charge in [0.2, 0.25) is 5.82 Å². The lowest BCUT2D eigenvalue weighted by atomic mass is 10.1. The number of esters is 1. The number of rotatable bonds is 8. The van der Waals surface area contributed by atoms with Gasteiger partial charge in [0, 0.05) is 11.3 Å². The first-order valence-electron chi connectivity index (χ1n) is 10.8. The highest BCUT2D eigenvalue weighted by atomic mass is 16.5. The molecule has 4 aromatic rings. The number of aryl methyl sites for hydroxylation is 1. The molecule has 0 aliphatic heterocycles. The maximum atomic E-state index is 12.5. The zero-order valence-corrected chi connectivity index (χ0v) is 19.5. The lowest BCUT2D eigenvalue weighted by Crippen LogP contribution is -2.25. The number of nitrogens with zero attached hydrogens (tertiary/aromatic N) is 6. The molecule has 1 N–H and O–H groups in total. The largest absolute Gasteiger partial charge is 0.467 e. The second-order valence-electron chi connectivity index (χ2n) is 7.93. The van der Waals surface area contributed by atoms with Crippen LogP contribution in [0.3, 0.4) is 0 Å². The molecule has 0 saturated heterocycles. The van der Waals surface area contributed by atoms with E-state index in [0.717, 1.165) is 27.2 Å². The van der Waals surface area contributed by atoms with Gasteiger partial charge in [0.1, 0.15) is 17.6 Å². The van der Waals surface area contributed by atoms with Gasteiger partial charge in [-0.15, -0.1) is 10.2 Å². The number of aromatic nitrogens is 5. The Morgan fingerprint density at radius 3 is 2.63 bits per heavy atom. The molecule has 0 spiro atoms. The van der Waals surface area contributed by atoms with E-state index in [4.69, 9.17) is 9.15 Å². The first-order chi connectivity index (χ1) is 16.9. The summed E-state index contributed by atoms with van der Waals surface area (Å²) in [6.07, 6.45) is 1.55. The van der Waals surface area contributed by atoms with Gasteiger partial charge < -0.3 is 19.0 Å². The van der Waals surface area contributed by atoms with Crippen LogP contribution in [0.25, 0.3) is 11.4 Å². The van der Waals surface area contributed by atoms with Crippen LogP contribution in [0.2, 0.25) is 0 Å². The molecule has 11 heteroatoms. The minimum atomic E-state index is -0.702. The van der Waals surface area contributed by atoms with Gasteiger partial charge >= 0.3 is 5.97 Å². The number of furan rings is 1. The summed E-state index contributed by atoms with van der Waals surface area (Å²) in [4.78, 5) is 25.9. The van der Waals surface area contributed by atoms with Crippen molar-refractivity contribution in [2.45, 2.75) is 33.9 Å². The summed E-state index contributed by atoms with van der Waals surface area (Å²) in [6, 6.07) is 13.3. The van der Waals surface area contributed by atoms with Gasteiger partial charge in [-0.05, 0) is 43.7 Å². The van der Waals surface area contributed by atoms with Crippen molar-refractivity contribution in [2.24, 2.45) is 0 Å². The number of anilines is 1. The van der Waals surface area contributed by atoms with E-state index in [-0.39, 0.29) is 6.54 Å². The first kappa shape index (κ1) is 23.4. The maximum Gasteiger partial charge on any atom is 0.330 e. The fraction of sp³-hybridized carbons (Fsp3) is 0.250. The Morgan fingerprint density at radius 1 is 1.17 bits per heavy atom. The fourth-order valence-corrected chi connectivity index (χ4v) is 3.49. The average Bonchev–Trinajstić information content (AvgIpc) is 3.57. The number of benzene rings is 1. The van der Waals surface area contributed by atoms with Crippen molar-refractivity contribution in [2.75, 3.05) is 11.9 Å². The van der Waals surface area contributed by atoms with Gasteiger partial charge in [-0.2, -0.15) is 10.1 Å². The van der Waals surface area contributed by atoms with E-state index in [0.29, 0.717) is 29.5 Å². The Balaban J connectivity index is 1.37. The first-order valence-corrected chi connectivity index (χ1v) is 10.8. The Kier molecular flexibility index (Phi) is 6.73. The Morgan fingerprint density at radius 2 is 1.94 bits per heavy atom. The van der Waals surface area contributed by atoms with Gasteiger partial charge in [-0.3, -0.25) is 4.79 Å². The maximum absolute atomic E-state index is 12.5. The third-order valence-electron chi connectivity index (χ3n) is 5.49. The van der Waals surface area contributed by atoms with Crippen LogP contribution in [0.15, 0.2) is 47.1 Å². The van der Waals surface area contributed by atoms with Crippen molar-refractivity contribution in [3.63, 3.8) is 0 Å². The van der Waals surface area contributed by atoms with E-state index in [1.165, 1.54) is 0 Å². The predicted molar refractivity (Wildman–Crippen MR) is 124 cm³/mol. The number of carbonyl (C=O) groups excluding carboxylic acids is 2. The lowest BCUT2D eigenvalue weighted by Gasteiger charge is -2.12. The zero-order chi connectivity index (χ0) is 24.9. The molecular formula is C24H23N7O4. The fourth-order valence-electron chi connectivity index (χ4n) is 3.49. The highest BCUT2D eigenvalue weighted by Crippen LogP contribution is 2.27.